The molecule has 114 valence electrons. The van der Waals surface area contributed by atoms with Gasteiger partial charge in [-0.05, 0) is 65.3 Å². The number of nitrogens with zero attached hydrogens (tertiary/aromatic N) is 1. The standard InChI is InChI=1S/C18H24INO/c1-4-18(2,3)14-10-9-13(12-20)17(11-14)21-16-8-6-5-7-15(16)19/h5-8,13-14,17H,4,9-11H2,1-3H3. The van der Waals surface area contributed by atoms with Gasteiger partial charge >= 0.3 is 0 Å². The molecular weight excluding hydrogens is 373 g/mol. The number of hydrogen-bond donors (Lipinski definition) is 0. The highest BCUT2D eigenvalue weighted by Gasteiger charge is 2.38. The summed E-state index contributed by atoms with van der Waals surface area (Å²) in [6, 6.07) is 10.5. The number of nitriles is 1. The van der Waals surface area contributed by atoms with E-state index in [2.05, 4.69) is 49.4 Å². The van der Waals surface area contributed by atoms with Crippen molar-refractivity contribution in [2.75, 3.05) is 0 Å². The Morgan fingerprint density at radius 1 is 1.33 bits per heavy atom. The molecule has 1 fully saturated rings. The second-order valence-electron chi connectivity index (χ2n) is 6.67. The Hall–Kier alpha value is -0.760. The molecular formula is C18H24INO. The lowest BCUT2D eigenvalue weighted by atomic mass is 9.67. The van der Waals surface area contributed by atoms with Gasteiger partial charge in [0.05, 0.1) is 15.6 Å². The fraction of sp³-hybridized carbons (Fsp3) is 0.611. The average Bonchev–Trinajstić information content (AvgIpc) is 2.49. The zero-order valence-corrected chi connectivity index (χ0v) is 15.3. The summed E-state index contributed by atoms with van der Waals surface area (Å²) < 4.78 is 7.34. The van der Waals surface area contributed by atoms with Crippen LogP contribution in [-0.2, 0) is 0 Å². The van der Waals surface area contributed by atoms with Gasteiger partial charge in [-0.2, -0.15) is 5.26 Å². The molecule has 3 unspecified atom stereocenters. The van der Waals surface area contributed by atoms with Crippen LogP contribution >= 0.6 is 22.6 Å². The van der Waals surface area contributed by atoms with Crippen LogP contribution in [0.3, 0.4) is 0 Å². The fourth-order valence-electron chi connectivity index (χ4n) is 3.11. The Balaban J connectivity index is 2.15. The van der Waals surface area contributed by atoms with Crippen LogP contribution in [0.1, 0.15) is 46.5 Å². The largest absolute Gasteiger partial charge is 0.488 e. The maximum atomic E-state index is 9.42. The first-order valence-electron chi connectivity index (χ1n) is 7.78. The Morgan fingerprint density at radius 2 is 2.05 bits per heavy atom. The molecule has 0 saturated heterocycles. The Morgan fingerprint density at radius 3 is 2.67 bits per heavy atom. The van der Waals surface area contributed by atoms with Crippen LogP contribution in [0.5, 0.6) is 5.75 Å². The van der Waals surface area contributed by atoms with Crippen molar-refractivity contribution in [3.8, 4) is 11.8 Å². The number of para-hydroxylation sites is 1. The number of hydrogen-bond acceptors (Lipinski definition) is 2. The monoisotopic (exact) mass is 397 g/mol. The molecule has 0 spiro atoms. The smallest absolute Gasteiger partial charge is 0.133 e. The van der Waals surface area contributed by atoms with Crippen molar-refractivity contribution in [1.29, 1.82) is 5.26 Å². The lowest BCUT2D eigenvalue weighted by Crippen LogP contribution is -2.38. The molecule has 21 heavy (non-hydrogen) atoms. The summed E-state index contributed by atoms with van der Waals surface area (Å²) in [6.45, 7) is 6.94. The van der Waals surface area contributed by atoms with Gasteiger partial charge in [-0.25, -0.2) is 0 Å². The summed E-state index contributed by atoms with van der Waals surface area (Å²) >= 11 is 2.30. The van der Waals surface area contributed by atoms with Gasteiger partial charge in [-0.15, -0.1) is 0 Å². The van der Waals surface area contributed by atoms with Gasteiger partial charge in [0.15, 0.2) is 0 Å². The first-order valence-corrected chi connectivity index (χ1v) is 8.86. The second-order valence-corrected chi connectivity index (χ2v) is 7.84. The van der Waals surface area contributed by atoms with E-state index in [-0.39, 0.29) is 12.0 Å². The van der Waals surface area contributed by atoms with Crippen molar-refractivity contribution >= 4 is 22.6 Å². The van der Waals surface area contributed by atoms with Gasteiger partial charge < -0.3 is 4.74 Å². The highest BCUT2D eigenvalue weighted by atomic mass is 127. The zero-order valence-electron chi connectivity index (χ0n) is 13.1. The van der Waals surface area contributed by atoms with Crippen LogP contribution in [0.25, 0.3) is 0 Å². The molecule has 1 aliphatic rings. The molecule has 1 saturated carbocycles. The summed E-state index contributed by atoms with van der Waals surface area (Å²) in [6.07, 6.45) is 4.29. The zero-order chi connectivity index (χ0) is 15.5. The van der Waals surface area contributed by atoms with Gasteiger partial charge in [0.1, 0.15) is 11.9 Å². The first kappa shape index (κ1) is 16.6. The van der Waals surface area contributed by atoms with Crippen molar-refractivity contribution in [3.05, 3.63) is 27.8 Å². The van der Waals surface area contributed by atoms with Crippen molar-refractivity contribution in [2.45, 2.75) is 52.6 Å². The van der Waals surface area contributed by atoms with Crippen molar-refractivity contribution in [2.24, 2.45) is 17.3 Å². The second kappa shape index (κ2) is 7.00. The molecule has 2 nitrogen and oxygen atoms in total. The molecule has 0 N–H and O–H groups in total. The van der Waals surface area contributed by atoms with Crippen molar-refractivity contribution < 1.29 is 4.74 Å². The van der Waals surface area contributed by atoms with Gasteiger partial charge in [-0.3, -0.25) is 0 Å². The van der Waals surface area contributed by atoms with Crippen LogP contribution < -0.4 is 4.74 Å². The molecule has 1 aromatic carbocycles. The molecule has 0 heterocycles. The molecule has 0 bridgehead atoms. The third-order valence-electron chi connectivity index (χ3n) is 5.09. The van der Waals surface area contributed by atoms with E-state index >= 15 is 0 Å². The Labute approximate surface area is 142 Å². The van der Waals surface area contributed by atoms with Crippen LogP contribution in [0.4, 0.5) is 0 Å². The van der Waals surface area contributed by atoms with Crippen molar-refractivity contribution in [3.63, 3.8) is 0 Å². The molecule has 3 atom stereocenters. The van der Waals surface area contributed by atoms with E-state index in [0.29, 0.717) is 11.3 Å². The highest BCUT2D eigenvalue weighted by molar-refractivity contribution is 14.1. The van der Waals surface area contributed by atoms with E-state index in [1.54, 1.807) is 0 Å². The Bertz CT molecular complexity index is 520. The van der Waals surface area contributed by atoms with E-state index in [4.69, 9.17) is 4.74 Å². The van der Waals surface area contributed by atoms with E-state index in [1.165, 1.54) is 6.42 Å². The Kier molecular flexibility index (Phi) is 5.54. The minimum atomic E-state index is 0.0184. The minimum absolute atomic E-state index is 0.0184. The van der Waals surface area contributed by atoms with E-state index in [9.17, 15) is 5.26 Å². The minimum Gasteiger partial charge on any atom is -0.488 e. The molecule has 1 aliphatic carbocycles. The summed E-state index contributed by atoms with van der Waals surface area (Å²) in [4.78, 5) is 0. The molecule has 0 aliphatic heterocycles. The lowest BCUT2D eigenvalue weighted by Gasteiger charge is -2.41. The maximum Gasteiger partial charge on any atom is 0.133 e. The van der Waals surface area contributed by atoms with Crippen LogP contribution in [0.15, 0.2) is 24.3 Å². The fourth-order valence-corrected chi connectivity index (χ4v) is 3.62. The topological polar surface area (TPSA) is 33.0 Å². The summed E-state index contributed by atoms with van der Waals surface area (Å²) in [5, 5.41) is 9.42. The number of ether oxygens (including phenoxy) is 1. The predicted octanol–water partition coefficient (Wildman–Crippen LogP) is 5.41. The highest BCUT2D eigenvalue weighted by Crippen LogP contribution is 2.43. The average molecular weight is 397 g/mol. The lowest BCUT2D eigenvalue weighted by molar-refractivity contribution is 0.0405. The SMILES string of the molecule is CCC(C)(C)C1CCC(C#N)C(Oc2ccccc2I)C1. The molecule has 0 amide bonds. The van der Waals surface area contributed by atoms with Gasteiger partial charge in [-0.1, -0.05) is 39.3 Å². The number of benzene rings is 1. The summed E-state index contributed by atoms with van der Waals surface area (Å²) in [5.41, 5.74) is 0.325. The summed E-state index contributed by atoms with van der Waals surface area (Å²) in [5.74, 6) is 1.57. The van der Waals surface area contributed by atoms with Gasteiger partial charge in [0.25, 0.3) is 0 Å². The van der Waals surface area contributed by atoms with Gasteiger partial charge in [0.2, 0.25) is 0 Å². The first-order chi connectivity index (χ1) is 9.97. The van der Waals surface area contributed by atoms with Crippen LogP contribution in [0.2, 0.25) is 0 Å². The third-order valence-corrected chi connectivity index (χ3v) is 5.98. The number of halogens is 1. The normalized spacial score (nSPS) is 26.1. The van der Waals surface area contributed by atoms with Crippen LogP contribution in [0, 0.1) is 32.2 Å². The molecule has 0 radical (unpaired) electrons. The van der Waals surface area contributed by atoms with Crippen LogP contribution in [-0.4, -0.2) is 6.10 Å². The molecule has 2 rings (SSSR count). The van der Waals surface area contributed by atoms with E-state index < -0.39 is 0 Å². The van der Waals surface area contributed by atoms with E-state index in [1.807, 2.05) is 24.3 Å². The van der Waals surface area contributed by atoms with Crippen molar-refractivity contribution in [1.82, 2.24) is 0 Å². The van der Waals surface area contributed by atoms with E-state index in [0.717, 1.165) is 28.6 Å². The summed E-state index contributed by atoms with van der Waals surface area (Å²) in [7, 11) is 0. The molecule has 3 heteroatoms. The molecule has 0 aromatic heterocycles. The van der Waals surface area contributed by atoms with Gasteiger partial charge in [0, 0.05) is 0 Å². The third kappa shape index (κ3) is 3.91. The maximum absolute atomic E-state index is 9.42. The quantitative estimate of drug-likeness (QED) is 0.636. The molecule has 1 aromatic rings. The predicted molar refractivity (Wildman–Crippen MR) is 94.1 cm³/mol. The number of rotatable bonds is 4.